The number of aryl methyl sites for hydroxylation is 2. The number of hydrogen-bond acceptors (Lipinski definition) is 8. The molecule has 2 fully saturated rings. The molecule has 1 spiro atoms. The molecule has 9 heteroatoms. The van der Waals surface area contributed by atoms with Crippen LogP contribution >= 0.6 is 0 Å². The summed E-state index contributed by atoms with van der Waals surface area (Å²) in [6, 6.07) is 3.46. The highest BCUT2D eigenvalue weighted by Gasteiger charge is 2.50. The van der Waals surface area contributed by atoms with E-state index in [1.165, 1.54) is 0 Å². The Bertz CT molecular complexity index is 893. The highest BCUT2D eigenvalue weighted by molar-refractivity contribution is 5.92. The smallest absolute Gasteiger partial charge is 0.273 e. The Labute approximate surface area is 169 Å². The van der Waals surface area contributed by atoms with Crippen LogP contribution in [-0.4, -0.2) is 63.1 Å². The quantitative estimate of drug-likeness (QED) is 0.793. The lowest BCUT2D eigenvalue weighted by Crippen LogP contribution is -2.65. The first-order valence-corrected chi connectivity index (χ1v) is 9.91. The average Bonchev–Trinajstić information content (AvgIpc) is 3.12. The molecule has 156 valence electrons. The maximum atomic E-state index is 12.6. The van der Waals surface area contributed by atoms with Crippen molar-refractivity contribution in [1.82, 2.24) is 20.4 Å². The Hall–Kier alpha value is -2.52. The van der Waals surface area contributed by atoms with Crippen LogP contribution in [0.5, 0.6) is 0 Å². The number of hydrogen-bond donors (Lipinski definition) is 2. The van der Waals surface area contributed by atoms with Crippen LogP contribution in [0.1, 0.15) is 48.1 Å². The van der Waals surface area contributed by atoms with E-state index in [1.807, 2.05) is 19.9 Å². The van der Waals surface area contributed by atoms with Crippen LogP contribution in [0.25, 0.3) is 0 Å². The molecule has 0 radical (unpaired) electrons. The number of carbonyl (C=O) groups excluding carboxylic acids is 1. The van der Waals surface area contributed by atoms with Crippen molar-refractivity contribution in [3.8, 4) is 0 Å². The van der Waals surface area contributed by atoms with Gasteiger partial charge in [0.2, 0.25) is 5.95 Å². The van der Waals surface area contributed by atoms with E-state index < -0.39 is 17.2 Å². The van der Waals surface area contributed by atoms with E-state index in [9.17, 15) is 9.90 Å². The molecule has 29 heavy (non-hydrogen) atoms. The summed E-state index contributed by atoms with van der Waals surface area (Å²) < 4.78 is 11.1. The van der Waals surface area contributed by atoms with Crippen molar-refractivity contribution < 1.29 is 19.2 Å². The van der Waals surface area contributed by atoms with Gasteiger partial charge in [0.25, 0.3) is 5.91 Å². The number of aliphatic hydroxyl groups is 1. The van der Waals surface area contributed by atoms with Gasteiger partial charge in [-0.15, -0.1) is 0 Å². The lowest BCUT2D eigenvalue weighted by molar-refractivity contribution is -0.167. The van der Waals surface area contributed by atoms with E-state index in [-0.39, 0.29) is 18.2 Å². The van der Waals surface area contributed by atoms with Crippen LogP contribution in [0.3, 0.4) is 0 Å². The van der Waals surface area contributed by atoms with E-state index in [1.54, 1.807) is 19.2 Å². The van der Waals surface area contributed by atoms with Gasteiger partial charge in [0, 0.05) is 37.5 Å². The summed E-state index contributed by atoms with van der Waals surface area (Å²) in [5, 5.41) is 17.3. The van der Waals surface area contributed by atoms with Gasteiger partial charge in [-0.25, -0.2) is 9.97 Å². The normalized spacial score (nSPS) is 26.5. The fourth-order valence-corrected chi connectivity index (χ4v) is 4.23. The van der Waals surface area contributed by atoms with Crippen LogP contribution < -0.4 is 10.2 Å². The number of nitrogens with one attached hydrogen (secondary N) is 1. The number of carbonyl (C=O) groups is 1. The molecule has 0 aliphatic carbocycles. The molecule has 0 unspecified atom stereocenters. The van der Waals surface area contributed by atoms with E-state index in [0.717, 1.165) is 37.6 Å². The Morgan fingerprint density at radius 1 is 1.34 bits per heavy atom. The van der Waals surface area contributed by atoms with Gasteiger partial charge in [-0.2, -0.15) is 0 Å². The van der Waals surface area contributed by atoms with E-state index in [4.69, 9.17) is 9.26 Å². The largest absolute Gasteiger partial charge is 0.388 e. The summed E-state index contributed by atoms with van der Waals surface area (Å²) in [5.41, 5.74) is -0.0699. The van der Waals surface area contributed by atoms with Gasteiger partial charge in [0.1, 0.15) is 11.9 Å². The molecule has 2 aromatic rings. The standard InChI is InChI=1S/C20H27N5O4/c1-13-4-7-21-18(22-13)25-8-5-20(6-9-25)12-19(3,16(26)11-28-20)23-17(27)15-10-14(2)29-24-15/h4,7,10,16,26H,5-6,8-9,11-12H2,1-3H3,(H,23,27)/t16-,19-/m1/s1. The topological polar surface area (TPSA) is 114 Å². The molecule has 4 rings (SSSR count). The summed E-state index contributed by atoms with van der Waals surface area (Å²) in [6.45, 7) is 7.23. The van der Waals surface area contributed by atoms with Gasteiger partial charge in [-0.05, 0) is 39.7 Å². The molecule has 2 aliphatic heterocycles. The number of aromatic nitrogens is 3. The SMILES string of the molecule is Cc1ccnc(N2CCC3(CC2)C[C@@](C)(NC(=O)c2cc(C)on2)[C@H](O)CO3)n1. The maximum absolute atomic E-state index is 12.6. The lowest BCUT2D eigenvalue weighted by atomic mass is 9.74. The number of amides is 1. The van der Waals surface area contributed by atoms with Crippen LogP contribution in [-0.2, 0) is 4.74 Å². The van der Waals surface area contributed by atoms with Crippen LogP contribution in [0.2, 0.25) is 0 Å². The van der Waals surface area contributed by atoms with Gasteiger partial charge >= 0.3 is 0 Å². The van der Waals surface area contributed by atoms with E-state index >= 15 is 0 Å². The van der Waals surface area contributed by atoms with Crippen molar-refractivity contribution in [3.05, 3.63) is 35.5 Å². The Morgan fingerprint density at radius 3 is 2.76 bits per heavy atom. The summed E-state index contributed by atoms with van der Waals surface area (Å²) in [5.74, 6) is 0.939. The average molecular weight is 401 g/mol. The summed E-state index contributed by atoms with van der Waals surface area (Å²) in [4.78, 5) is 23.6. The molecule has 4 heterocycles. The van der Waals surface area contributed by atoms with Crippen molar-refractivity contribution in [1.29, 1.82) is 0 Å². The minimum Gasteiger partial charge on any atom is -0.388 e. The first kappa shape index (κ1) is 19.8. The molecule has 2 N–H and O–H groups in total. The van der Waals surface area contributed by atoms with E-state index in [0.29, 0.717) is 12.2 Å². The number of anilines is 1. The molecule has 0 saturated carbocycles. The Balaban J connectivity index is 1.45. The summed E-state index contributed by atoms with van der Waals surface area (Å²) >= 11 is 0. The molecule has 0 bridgehead atoms. The van der Waals surface area contributed by atoms with Crippen LogP contribution in [0.4, 0.5) is 5.95 Å². The number of rotatable bonds is 3. The molecular formula is C20H27N5O4. The van der Waals surface area contributed by atoms with Crippen molar-refractivity contribution in [3.63, 3.8) is 0 Å². The number of piperidine rings is 1. The molecule has 2 atom stereocenters. The molecule has 0 aromatic carbocycles. The van der Waals surface area contributed by atoms with Gasteiger partial charge in [0.15, 0.2) is 5.69 Å². The third kappa shape index (κ3) is 3.97. The first-order chi connectivity index (χ1) is 13.8. The maximum Gasteiger partial charge on any atom is 0.273 e. The molecule has 2 aliphatic rings. The van der Waals surface area contributed by atoms with Crippen LogP contribution in [0.15, 0.2) is 22.9 Å². The minimum atomic E-state index is -0.815. The molecular weight excluding hydrogens is 374 g/mol. The number of nitrogens with zero attached hydrogens (tertiary/aromatic N) is 4. The monoisotopic (exact) mass is 401 g/mol. The third-order valence-corrected chi connectivity index (χ3v) is 5.97. The fourth-order valence-electron chi connectivity index (χ4n) is 4.23. The fraction of sp³-hybridized carbons (Fsp3) is 0.600. The number of aliphatic hydroxyl groups excluding tert-OH is 1. The predicted molar refractivity (Wildman–Crippen MR) is 105 cm³/mol. The Morgan fingerprint density at radius 2 is 2.10 bits per heavy atom. The lowest BCUT2D eigenvalue weighted by Gasteiger charge is -2.51. The second-order valence-corrected chi connectivity index (χ2v) is 8.37. The number of ether oxygens (including phenoxy) is 1. The zero-order valence-corrected chi connectivity index (χ0v) is 17.0. The zero-order valence-electron chi connectivity index (χ0n) is 17.0. The molecule has 9 nitrogen and oxygen atoms in total. The first-order valence-electron chi connectivity index (χ1n) is 9.91. The van der Waals surface area contributed by atoms with Crippen LogP contribution in [0, 0.1) is 13.8 Å². The molecule has 2 aromatic heterocycles. The molecule has 1 amide bonds. The van der Waals surface area contributed by atoms with E-state index in [2.05, 4.69) is 25.3 Å². The third-order valence-electron chi connectivity index (χ3n) is 5.97. The van der Waals surface area contributed by atoms with Crippen molar-refractivity contribution in [2.45, 2.75) is 57.3 Å². The molecule has 2 saturated heterocycles. The van der Waals surface area contributed by atoms with Crippen molar-refractivity contribution in [2.24, 2.45) is 0 Å². The Kier molecular flexibility index (Phi) is 5.04. The highest BCUT2D eigenvalue weighted by atomic mass is 16.5. The van der Waals surface area contributed by atoms with Gasteiger partial charge in [0.05, 0.1) is 17.7 Å². The van der Waals surface area contributed by atoms with Gasteiger partial charge in [-0.1, -0.05) is 5.16 Å². The minimum absolute atomic E-state index is 0.176. The van der Waals surface area contributed by atoms with Crippen molar-refractivity contribution >= 4 is 11.9 Å². The second-order valence-electron chi connectivity index (χ2n) is 8.37. The zero-order chi connectivity index (χ0) is 20.6. The van der Waals surface area contributed by atoms with Gasteiger partial charge in [-0.3, -0.25) is 4.79 Å². The van der Waals surface area contributed by atoms with Crippen molar-refractivity contribution in [2.75, 3.05) is 24.6 Å². The summed E-state index contributed by atoms with van der Waals surface area (Å²) in [6.07, 6.45) is 3.03. The second kappa shape index (κ2) is 7.38. The predicted octanol–water partition coefficient (Wildman–Crippen LogP) is 1.39. The highest BCUT2D eigenvalue weighted by Crippen LogP contribution is 2.40. The summed E-state index contributed by atoms with van der Waals surface area (Å²) in [7, 11) is 0. The van der Waals surface area contributed by atoms with Gasteiger partial charge < -0.3 is 24.6 Å².